The summed E-state index contributed by atoms with van der Waals surface area (Å²) in [7, 11) is 0. The minimum Gasteiger partial charge on any atom is -0.393 e. The number of rotatable bonds is 3. The molecule has 1 saturated heterocycles. The first-order valence-electron chi connectivity index (χ1n) is 9.72. The third-order valence-corrected chi connectivity index (χ3v) is 5.99. The topological polar surface area (TPSA) is 98.7 Å². The first-order valence-corrected chi connectivity index (χ1v) is 9.72. The van der Waals surface area contributed by atoms with Gasteiger partial charge in [-0.15, -0.1) is 0 Å². The summed E-state index contributed by atoms with van der Waals surface area (Å²) < 4.78 is 0. The fraction of sp³-hybridized carbons (Fsp3) is 0.842. The Bertz CT molecular complexity index is 598. The van der Waals surface area contributed by atoms with Crippen LogP contribution in [0.2, 0.25) is 0 Å². The number of carbonyl (C=O) groups excluding carboxylic acids is 3. The molecule has 3 fully saturated rings. The molecule has 2 saturated carbocycles. The van der Waals surface area contributed by atoms with Crippen LogP contribution in [0.5, 0.6) is 0 Å². The van der Waals surface area contributed by atoms with Crippen molar-refractivity contribution in [3.8, 4) is 0 Å². The first kappa shape index (κ1) is 19.1. The molecule has 1 heterocycles. The van der Waals surface area contributed by atoms with Crippen molar-refractivity contribution in [1.82, 2.24) is 15.5 Å². The molecule has 3 rings (SSSR count). The van der Waals surface area contributed by atoms with Crippen LogP contribution in [0.1, 0.15) is 65.7 Å². The van der Waals surface area contributed by atoms with E-state index in [-0.39, 0.29) is 35.9 Å². The Kier molecular flexibility index (Phi) is 5.03. The number of hydrogen-bond donors (Lipinski definition) is 3. The number of carbonyl (C=O) groups is 3. The molecule has 2 unspecified atom stereocenters. The van der Waals surface area contributed by atoms with Crippen LogP contribution in [0, 0.1) is 11.3 Å². The monoisotopic (exact) mass is 365 g/mol. The Balaban J connectivity index is 1.63. The molecule has 26 heavy (non-hydrogen) atoms. The van der Waals surface area contributed by atoms with Crippen LogP contribution < -0.4 is 10.6 Å². The van der Waals surface area contributed by atoms with Crippen molar-refractivity contribution in [2.24, 2.45) is 11.3 Å². The molecule has 3 N–H and O–H groups in total. The van der Waals surface area contributed by atoms with Crippen molar-refractivity contribution in [3.05, 3.63) is 0 Å². The standard InChI is InChI=1S/C19H31N3O4/c1-12-8-18(2,3)11-19(9-12)16(25)22(17(26)21-19)10-15(24)20-13-4-6-14(23)7-5-13/h12-14,23H,4-11H2,1-3H3,(H,20,24)(H,21,26). The average Bonchev–Trinajstić information content (AvgIpc) is 2.71. The second-order valence-electron chi connectivity index (χ2n) is 9.33. The normalized spacial score (nSPS) is 36.9. The Morgan fingerprint density at radius 3 is 2.50 bits per heavy atom. The molecule has 146 valence electrons. The van der Waals surface area contributed by atoms with E-state index >= 15 is 0 Å². The van der Waals surface area contributed by atoms with Gasteiger partial charge in [-0.1, -0.05) is 20.8 Å². The second-order valence-corrected chi connectivity index (χ2v) is 9.33. The van der Waals surface area contributed by atoms with Crippen molar-refractivity contribution >= 4 is 17.8 Å². The van der Waals surface area contributed by atoms with Gasteiger partial charge in [-0.05, 0) is 56.3 Å². The summed E-state index contributed by atoms with van der Waals surface area (Å²) in [4.78, 5) is 38.9. The summed E-state index contributed by atoms with van der Waals surface area (Å²) >= 11 is 0. The van der Waals surface area contributed by atoms with Gasteiger partial charge in [0.25, 0.3) is 5.91 Å². The number of aliphatic hydroxyl groups is 1. The van der Waals surface area contributed by atoms with Gasteiger partial charge in [0.05, 0.1) is 6.10 Å². The number of nitrogens with zero attached hydrogens (tertiary/aromatic N) is 1. The Hall–Kier alpha value is -1.63. The van der Waals surface area contributed by atoms with Crippen LogP contribution >= 0.6 is 0 Å². The molecule has 0 aromatic heterocycles. The van der Waals surface area contributed by atoms with E-state index in [2.05, 4.69) is 31.4 Å². The second kappa shape index (κ2) is 6.83. The molecule has 2 aliphatic carbocycles. The number of amides is 4. The van der Waals surface area contributed by atoms with Gasteiger partial charge in [-0.3, -0.25) is 14.5 Å². The van der Waals surface area contributed by atoms with E-state index in [1.165, 1.54) is 0 Å². The fourth-order valence-electron chi connectivity index (χ4n) is 5.29. The van der Waals surface area contributed by atoms with Crippen LogP contribution in [0.15, 0.2) is 0 Å². The molecule has 1 aliphatic heterocycles. The summed E-state index contributed by atoms with van der Waals surface area (Å²) in [5.41, 5.74) is -0.894. The van der Waals surface area contributed by atoms with E-state index in [0.29, 0.717) is 31.6 Å². The summed E-state index contributed by atoms with van der Waals surface area (Å²) in [6, 6.07) is -0.455. The lowest BCUT2D eigenvalue weighted by atomic mass is 9.64. The first-order chi connectivity index (χ1) is 12.1. The Morgan fingerprint density at radius 2 is 1.88 bits per heavy atom. The fourth-order valence-corrected chi connectivity index (χ4v) is 5.29. The van der Waals surface area contributed by atoms with Gasteiger partial charge in [0, 0.05) is 6.04 Å². The smallest absolute Gasteiger partial charge is 0.325 e. The van der Waals surface area contributed by atoms with Crippen LogP contribution in [0.25, 0.3) is 0 Å². The molecule has 7 nitrogen and oxygen atoms in total. The average molecular weight is 365 g/mol. The minimum atomic E-state index is -0.868. The summed E-state index contributed by atoms with van der Waals surface area (Å²) in [6.45, 7) is 6.11. The van der Waals surface area contributed by atoms with Gasteiger partial charge in [0.1, 0.15) is 12.1 Å². The van der Waals surface area contributed by atoms with Gasteiger partial charge < -0.3 is 15.7 Å². The highest BCUT2D eigenvalue weighted by Crippen LogP contribution is 2.46. The SMILES string of the molecule is CC1CC(C)(C)CC2(C1)NC(=O)N(CC(=O)NC1CCC(O)CC1)C2=O. The van der Waals surface area contributed by atoms with E-state index < -0.39 is 11.6 Å². The molecule has 1 spiro atoms. The Morgan fingerprint density at radius 1 is 1.23 bits per heavy atom. The maximum atomic E-state index is 13.0. The van der Waals surface area contributed by atoms with E-state index in [9.17, 15) is 19.5 Å². The molecule has 3 aliphatic rings. The number of imide groups is 1. The van der Waals surface area contributed by atoms with Crippen LogP contribution in [-0.4, -0.2) is 52.1 Å². The molecule has 0 bridgehead atoms. The zero-order valence-corrected chi connectivity index (χ0v) is 16.0. The summed E-state index contributed by atoms with van der Waals surface area (Å²) in [5, 5.41) is 15.3. The lowest BCUT2D eigenvalue weighted by molar-refractivity contribution is -0.137. The lowest BCUT2D eigenvalue weighted by Crippen LogP contribution is -2.54. The maximum absolute atomic E-state index is 13.0. The molecule has 0 aromatic carbocycles. The highest BCUT2D eigenvalue weighted by molar-refractivity contribution is 6.09. The molecular formula is C19H31N3O4. The third kappa shape index (κ3) is 3.87. The van der Waals surface area contributed by atoms with E-state index in [1.54, 1.807) is 0 Å². The predicted octanol–water partition coefficient (Wildman–Crippen LogP) is 1.54. The van der Waals surface area contributed by atoms with Crippen LogP contribution in [0.3, 0.4) is 0 Å². The van der Waals surface area contributed by atoms with Crippen molar-refractivity contribution in [3.63, 3.8) is 0 Å². The van der Waals surface area contributed by atoms with Gasteiger partial charge in [-0.25, -0.2) is 4.79 Å². The molecule has 0 aromatic rings. The van der Waals surface area contributed by atoms with Gasteiger partial charge in [-0.2, -0.15) is 0 Å². The van der Waals surface area contributed by atoms with Crippen molar-refractivity contribution in [2.45, 2.75) is 83.4 Å². The maximum Gasteiger partial charge on any atom is 0.325 e. The predicted molar refractivity (Wildman–Crippen MR) is 96.2 cm³/mol. The Labute approximate surface area is 154 Å². The highest BCUT2D eigenvalue weighted by Gasteiger charge is 2.56. The molecule has 0 radical (unpaired) electrons. The van der Waals surface area contributed by atoms with Crippen molar-refractivity contribution in [1.29, 1.82) is 0 Å². The van der Waals surface area contributed by atoms with E-state index in [1.807, 2.05) is 0 Å². The summed E-state index contributed by atoms with van der Waals surface area (Å²) in [6.07, 6.45) is 4.75. The molecule has 2 atom stereocenters. The number of urea groups is 1. The highest BCUT2D eigenvalue weighted by atomic mass is 16.3. The zero-order chi connectivity index (χ0) is 19.1. The lowest BCUT2D eigenvalue weighted by Gasteiger charge is -2.43. The van der Waals surface area contributed by atoms with Crippen molar-refractivity contribution < 1.29 is 19.5 Å². The third-order valence-electron chi connectivity index (χ3n) is 5.99. The molecule has 7 heteroatoms. The molecule has 4 amide bonds. The molecular weight excluding hydrogens is 334 g/mol. The zero-order valence-electron chi connectivity index (χ0n) is 16.0. The number of aliphatic hydroxyl groups excluding tert-OH is 1. The van der Waals surface area contributed by atoms with Gasteiger partial charge >= 0.3 is 6.03 Å². The minimum absolute atomic E-state index is 0.00858. The van der Waals surface area contributed by atoms with Crippen LogP contribution in [-0.2, 0) is 9.59 Å². The van der Waals surface area contributed by atoms with Gasteiger partial charge in [0.2, 0.25) is 5.91 Å². The van der Waals surface area contributed by atoms with Gasteiger partial charge in [0.15, 0.2) is 0 Å². The van der Waals surface area contributed by atoms with Crippen molar-refractivity contribution in [2.75, 3.05) is 6.54 Å². The quantitative estimate of drug-likeness (QED) is 0.661. The van der Waals surface area contributed by atoms with E-state index in [0.717, 1.165) is 24.2 Å². The summed E-state index contributed by atoms with van der Waals surface area (Å²) in [5.74, 6) is -0.239. The van der Waals surface area contributed by atoms with Crippen LogP contribution in [0.4, 0.5) is 4.79 Å². The van der Waals surface area contributed by atoms with E-state index in [4.69, 9.17) is 0 Å². The number of nitrogens with one attached hydrogen (secondary N) is 2. The largest absolute Gasteiger partial charge is 0.393 e. The number of hydrogen-bond acceptors (Lipinski definition) is 4.